The van der Waals surface area contributed by atoms with Crippen LogP contribution in [0.4, 0.5) is 24.5 Å². The molecule has 0 saturated carbocycles. The van der Waals surface area contributed by atoms with Gasteiger partial charge in [0.05, 0.1) is 11.4 Å². The number of halogens is 3. The van der Waals surface area contributed by atoms with E-state index in [9.17, 15) is 18.0 Å². The van der Waals surface area contributed by atoms with Gasteiger partial charge < -0.3 is 19.9 Å². The molecule has 1 saturated heterocycles. The first-order valence-electron chi connectivity index (χ1n) is 9.25. The molecule has 0 aliphatic carbocycles. The van der Waals surface area contributed by atoms with E-state index >= 15 is 0 Å². The topological polar surface area (TPSA) is 61.7 Å². The largest absolute Gasteiger partial charge is 0.369 e. The second-order valence-electron chi connectivity index (χ2n) is 7.23. The first-order valence-corrected chi connectivity index (χ1v) is 9.25. The number of nitrogens with one attached hydrogen (secondary N) is 2. The molecule has 1 amide bonds. The van der Waals surface area contributed by atoms with Crippen LogP contribution >= 0.6 is 0 Å². The third kappa shape index (κ3) is 3.77. The number of anilines is 2. The lowest BCUT2D eigenvalue weighted by Gasteiger charge is -2.33. The molecule has 1 aliphatic heterocycles. The van der Waals surface area contributed by atoms with Gasteiger partial charge in [0.2, 0.25) is 0 Å². The molecule has 0 radical (unpaired) electrons. The number of benzene rings is 1. The summed E-state index contributed by atoms with van der Waals surface area (Å²) in [6.07, 6.45) is 3.01. The summed E-state index contributed by atoms with van der Waals surface area (Å²) < 4.78 is 44.8. The number of aryl methyl sites for hydroxylation is 1. The number of piperazine rings is 1. The van der Waals surface area contributed by atoms with Gasteiger partial charge in [0.15, 0.2) is 11.5 Å². The van der Waals surface area contributed by atoms with Gasteiger partial charge in [0.25, 0.3) is 5.91 Å². The van der Waals surface area contributed by atoms with Gasteiger partial charge in [-0.25, -0.2) is 18.2 Å². The number of hydrogen-bond donors (Lipinski definition) is 2. The summed E-state index contributed by atoms with van der Waals surface area (Å²) in [5.41, 5.74) is 0.441. The molecule has 1 aromatic carbocycles. The Balaban J connectivity index is 1.60. The van der Waals surface area contributed by atoms with E-state index in [1.807, 2.05) is 11.8 Å². The standard InChI is InChI=1S/C20H20F3N5O/c1-11-8-27(4-3-24-11)14-6-15(21)18(16(22)7-14)20(29)26-13-5-17(23)19-25-12(2)9-28(19)10-13/h5-7,9-11,24H,3-4,8H2,1-2H3,(H,26,29). The molecule has 1 fully saturated rings. The molecule has 2 N–H and O–H groups in total. The Hall–Kier alpha value is -3.07. The number of imidazole rings is 1. The van der Waals surface area contributed by atoms with Gasteiger partial charge in [-0.2, -0.15) is 0 Å². The maximum absolute atomic E-state index is 14.6. The maximum Gasteiger partial charge on any atom is 0.261 e. The SMILES string of the molecule is Cc1cn2cc(NC(=O)c3c(F)cc(N4CCNC(C)C4)cc3F)cc(F)c2n1. The van der Waals surface area contributed by atoms with E-state index in [4.69, 9.17) is 0 Å². The fraction of sp³-hybridized carbons (Fsp3) is 0.300. The van der Waals surface area contributed by atoms with Crippen LogP contribution in [-0.4, -0.2) is 41.0 Å². The molecular weight excluding hydrogens is 383 g/mol. The Morgan fingerprint density at radius 3 is 2.59 bits per heavy atom. The van der Waals surface area contributed by atoms with Gasteiger partial charge in [0, 0.05) is 49.8 Å². The second-order valence-corrected chi connectivity index (χ2v) is 7.23. The monoisotopic (exact) mass is 403 g/mol. The van der Waals surface area contributed by atoms with Crippen molar-refractivity contribution in [3.63, 3.8) is 0 Å². The zero-order valence-electron chi connectivity index (χ0n) is 16.0. The Kier molecular flexibility index (Phi) is 4.91. The van der Waals surface area contributed by atoms with Crippen molar-refractivity contribution in [3.05, 3.63) is 59.3 Å². The highest BCUT2D eigenvalue weighted by Crippen LogP contribution is 2.24. The molecule has 1 atom stereocenters. The quantitative estimate of drug-likeness (QED) is 0.706. The van der Waals surface area contributed by atoms with Gasteiger partial charge in [-0.15, -0.1) is 0 Å². The molecule has 3 heterocycles. The van der Waals surface area contributed by atoms with E-state index in [0.717, 1.165) is 18.2 Å². The molecule has 0 spiro atoms. The van der Waals surface area contributed by atoms with Crippen molar-refractivity contribution in [2.45, 2.75) is 19.9 Å². The fourth-order valence-electron chi connectivity index (χ4n) is 3.57. The van der Waals surface area contributed by atoms with Crippen LogP contribution in [0.3, 0.4) is 0 Å². The zero-order valence-corrected chi connectivity index (χ0v) is 16.0. The van der Waals surface area contributed by atoms with Crippen molar-refractivity contribution in [1.29, 1.82) is 0 Å². The van der Waals surface area contributed by atoms with Crippen molar-refractivity contribution in [3.8, 4) is 0 Å². The highest BCUT2D eigenvalue weighted by atomic mass is 19.1. The third-order valence-electron chi connectivity index (χ3n) is 4.87. The van der Waals surface area contributed by atoms with Crippen LogP contribution in [0.2, 0.25) is 0 Å². The molecule has 1 aliphatic rings. The lowest BCUT2D eigenvalue weighted by atomic mass is 10.1. The summed E-state index contributed by atoms with van der Waals surface area (Å²) in [4.78, 5) is 18.4. The highest BCUT2D eigenvalue weighted by molar-refractivity contribution is 6.04. The summed E-state index contributed by atoms with van der Waals surface area (Å²) in [6, 6.07) is 3.55. The van der Waals surface area contributed by atoms with Gasteiger partial charge in [-0.1, -0.05) is 0 Å². The molecule has 6 nitrogen and oxygen atoms in total. The zero-order chi connectivity index (χ0) is 20.7. The molecule has 29 heavy (non-hydrogen) atoms. The maximum atomic E-state index is 14.6. The van der Waals surface area contributed by atoms with E-state index < -0.39 is 28.9 Å². The van der Waals surface area contributed by atoms with E-state index in [0.29, 0.717) is 31.0 Å². The lowest BCUT2D eigenvalue weighted by molar-refractivity contribution is 0.101. The number of carbonyl (C=O) groups excluding carboxylic acids is 1. The Labute approximate surface area is 165 Å². The number of fused-ring (bicyclic) bond motifs is 1. The van der Waals surface area contributed by atoms with Crippen LogP contribution in [0.25, 0.3) is 5.65 Å². The summed E-state index contributed by atoms with van der Waals surface area (Å²) in [6.45, 7) is 5.61. The number of carbonyl (C=O) groups is 1. The highest BCUT2D eigenvalue weighted by Gasteiger charge is 2.23. The minimum absolute atomic E-state index is 0.0659. The van der Waals surface area contributed by atoms with E-state index in [-0.39, 0.29) is 17.4 Å². The predicted octanol–water partition coefficient (Wildman–Crippen LogP) is 3.11. The molecule has 3 aromatic rings. The first kappa shape index (κ1) is 19.3. The van der Waals surface area contributed by atoms with E-state index in [1.165, 1.54) is 10.6 Å². The normalized spacial score (nSPS) is 17.0. The van der Waals surface area contributed by atoms with Crippen LogP contribution < -0.4 is 15.5 Å². The second kappa shape index (κ2) is 7.40. The molecular formula is C20H20F3N5O. The predicted molar refractivity (Wildman–Crippen MR) is 104 cm³/mol. The third-order valence-corrected chi connectivity index (χ3v) is 4.87. The molecule has 2 aromatic heterocycles. The van der Waals surface area contributed by atoms with Crippen molar-refractivity contribution in [2.75, 3.05) is 29.9 Å². The van der Waals surface area contributed by atoms with Crippen molar-refractivity contribution < 1.29 is 18.0 Å². The van der Waals surface area contributed by atoms with Crippen molar-refractivity contribution >= 4 is 22.9 Å². The number of nitrogens with zero attached hydrogens (tertiary/aromatic N) is 3. The lowest BCUT2D eigenvalue weighted by Crippen LogP contribution is -2.49. The fourth-order valence-corrected chi connectivity index (χ4v) is 3.57. The molecule has 4 rings (SSSR count). The average Bonchev–Trinajstić information content (AvgIpc) is 3.02. The smallest absolute Gasteiger partial charge is 0.261 e. The van der Waals surface area contributed by atoms with Crippen molar-refractivity contribution in [2.24, 2.45) is 0 Å². The first-order chi connectivity index (χ1) is 13.8. The van der Waals surface area contributed by atoms with Crippen LogP contribution in [0.5, 0.6) is 0 Å². The van der Waals surface area contributed by atoms with E-state index in [2.05, 4.69) is 15.6 Å². The Bertz CT molecular complexity index is 1070. The van der Waals surface area contributed by atoms with Crippen LogP contribution in [0.1, 0.15) is 23.0 Å². The van der Waals surface area contributed by atoms with Crippen LogP contribution in [0.15, 0.2) is 30.6 Å². The number of aromatic nitrogens is 2. The van der Waals surface area contributed by atoms with Crippen molar-refractivity contribution in [1.82, 2.24) is 14.7 Å². The average molecular weight is 403 g/mol. The molecule has 152 valence electrons. The minimum Gasteiger partial charge on any atom is -0.369 e. The summed E-state index contributed by atoms with van der Waals surface area (Å²) in [5, 5.41) is 5.61. The summed E-state index contributed by atoms with van der Waals surface area (Å²) >= 11 is 0. The van der Waals surface area contributed by atoms with Crippen LogP contribution in [-0.2, 0) is 0 Å². The van der Waals surface area contributed by atoms with E-state index in [1.54, 1.807) is 13.1 Å². The molecule has 1 unspecified atom stereocenters. The van der Waals surface area contributed by atoms with Gasteiger partial charge in [0.1, 0.15) is 17.2 Å². The number of rotatable bonds is 3. The summed E-state index contributed by atoms with van der Waals surface area (Å²) in [7, 11) is 0. The Morgan fingerprint density at radius 2 is 1.90 bits per heavy atom. The van der Waals surface area contributed by atoms with Crippen LogP contribution in [0, 0.1) is 24.4 Å². The number of amides is 1. The number of hydrogen-bond acceptors (Lipinski definition) is 4. The summed E-state index contributed by atoms with van der Waals surface area (Å²) in [5.74, 6) is -3.58. The van der Waals surface area contributed by atoms with Gasteiger partial charge in [-0.3, -0.25) is 4.79 Å². The molecule has 9 heteroatoms. The molecule has 0 bridgehead atoms. The van der Waals surface area contributed by atoms with Gasteiger partial charge in [-0.05, 0) is 26.0 Å². The minimum atomic E-state index is -0.990. The number of pyridine rings is 1. The van der Waals surface area contributed by atoms with Gasteiger partial charge >= 0.3 is 0 Å². The Morgan fingerprint density at radius 1 is 1.17 bits per heavy atom.